The first kappa shape index (κ1) is 13.8. The molecule has 0 saturated heterocycles. The summed E-state index contributed by atoms with van der Waals surface area (Å²) in [5, 5.41) is 13.0. The smallest absolute Gasteiger partial charge is 0.252 e. The van der Waals surface area contributed by atoms with Crippen molar-refractivity contribution in [3.8, 4) is 0 Å². The number of hydrogen-bond acceptors (Lipinski definition) is 3. The summed E-state index contributed by atoms with van der Waals surface area (Å²) in [7, 11) is 0. The Morgan fingerprint density at radius 1 is 1.42 bits per heavy atom. The van der Waals surface area contributed by atoms with E-state index >= 15 is 0 Å². The molecule has 19 heavy (non-hydrogen) atoms. The largest absolute Gasteiger partial charge is 0.394 e. The van der Waals surface area contributed by atoms with Gasteiger partial charge >= 0.3 is 0 Å². The molecule has 0 aliphatic rings. The molecule has 0 atom stereocenters. The minimum absolute atomic E-state index is 0.143. The second-order valence-corrected chi connectivity index (χ2v) is 5.39. The van der Waals surface area contributed by atoms with Gasteiger partial charge in [0.15, 0.2) is 0 Å². The van der Waals surface area contributed by atoms with Crippen LogP contribution in [0.3, 0.4) is 0 Å². The van der Waals surface area contributed by atoms with Crippen molar-refractivity contribution in [2.45, 2.75) is 19.4 Å². The lowest BCUT2D eigenvalue weighted by atomic mass is 10.0. The van der Waals surface area contributed by atoms with Crippen molar-refractivity contribution in [1.82, 2.24) is 10.3 Å². The number of aliphatic hydroxyl groups is 1. The van der Waals surface area contributed by atoms with Crippen LogP contribution in [0, 0.1) is 0 Å². The number of hydrogen-bond donors (Lipinski definition) is 2. The molecule has 1 aromatic carbocycles. The molecule has 1 heterocycles. The van der Waals surface area contributed by atoms with Gasteiger partial charge in [-0.05, 0) is 26.0 Å². The second kappa shape index (κ2) is 5.15. The van der Waals surface area contributed by atoms with E-state index in [1.165, 1.54) is 6.07 Å². The molecule has 1 aromatic heterocycles. The first-order valence-electron chi connectivity index (χ1n) is 5.91. The molecular formula is C14H15ClN2O2. The molecule has 0 aliphatic heterocycles. The lowest BCUT2D eigenvalue weighted by Crippen LogP contribution is -2.46. The van der Waals surface area contributed by atoms with Gasteiger partial charge in [-0.3, -0.25) is 4.79 Å². The number of amides is 1. The van der Waals surface area contributed by atoms with Crippen LogP contribution < -0.4 is 5.32 Å². The summed E-state index contributed by atoms with van der Waals surface area (Å²) in [5.74, 6) is -0.278. The summed E-state index contributed by atoms with van der Waals surface area (Å²) >= 11 is 5.93. The Morgan fingerprint density at radius 3 is 2.79 bits per heavy atom. The van der Waals surface area contributed by atoms with Gasteiger partial charge in [-0.2, -0.15) is 0 Å². The van der Waals surface area contributed by atoms with Crippen LogP contribution in [0.1, 0.15) is 24.2 Å². The Bertz CT molecular complexity index is 626. The zero-order chi connectivity index (χ0) is 14.0. The third-order valence-electron chi connectivity index (χ3n) is 2.78. The van der Waals surface area contributed by atoms with Gasteiger partial charge in [0.25, 0.3) is 5.91 Å². The highest BCUT2D eigenvalue weighted by Crippen LogP contribution is 2.21. The highest BCUT2D eigenvalue weighted by Gasteiger charge is 2.21. The van der Waals surface area contributed by atoms with Crippen molar-refractivity contribution in [3.63, 3.8) is 0 Å². The number of aromatic nitrogens is 1. The fraction of sp³-hybridized carbons (Fsp3) is 0.286. The molecule has 4 nitrogen and oxygen atoms in total. The van der Waals surface area contributed by atoms with Gasteiger partial charge in [-0.1, -0.05) is 29.8 Å². The molecule has 0 bridgehead atoms. The number of halogens is 1. The van der Waals surface area contributed by atoms with E-state index in [9.17, 15) is 9.90 Å². The summed E-state index contributed by atoms with van der Waals surface area (Å²) in [6.07, 6.45) is 0. The Kier molecular flexibility index (Phi) is 3.73. The predicted molar refractivity (Wildman–Crippen MR) is 75.4 cm³/mol. The van der Waals surface area contributed by atoms with E-state index in [1.54, 1.807) is 19.9 Å². The number of aliphatic hydroxyl groups excluding tert-OH is 1. The maximum absolute atomic E-state index is 12.3. The fourth-order valence-electron chi connectivity index (χ4n) is 1.75. The number of para-hydroxylation sites is 1. The predicted octanol–water partition coefficient (Wildman–Crippen LogP) is 2.39. The quantitative estimate of drug-likeness (QED) is 0.848. The van der Waals surface area contributed by atoms with Gasteiger partial charge < -0.3 is 10.4 Å². The van der Waals surface area contributed by atoms with E-state index in [2.05, 4.69) is 10.3 Å². The van der Waals surface area contributed by atoms with Gasteiger partial charge in [0.1, 0.15) is 5.15 Å². The number of pyridine rings is 1. The van der Waals surface area contributed by atoms with E-state index in [1.807, 2.05) is 18.2 Å². The highest BCUT2D eigenvalue weighted by atomic mass is 35.5. The molecule has 2 N–H and O–H groups in total. The van der Waals surface area contributed by atoms with Crippen molar-refractivity contribution >= 4 is 28.4 Å². The van der Waals surface area contributed by atoms with Crippen LogP contribution in [0.5, 0.6) is 0 Å². The summed E-state index contributed by atoms with van der Waals surface area (Å²) in [6.45, 7) is 3.35. The molecular weight excluding hydrogens is 264 g/mol. The standard InChI is InChI=1S/C14H15ClN2O2/c1-14(2,8-18)17-13(19)10-7-12(15)16-11-6-4-3-5-9(10)11/h3-7,18H,8H2,1-2H3,(H,17,19). The molecule has 0 unspecified atom stereocenters. The Morgan fingerprint density at radius 2 is 2.11 bits per heavy atom. The van der Waals surface area contributed by atoms with Crippen LogP contribution in [0.15, 0.2) is 30.3 Å². The molecule has 0 fully saturated rings. The maximum Gasteiger partial charge on any atom is 0.252 e. The van der Waals surface area contributed by atoms with E-state index in [-0.39, 0.29) is 17.7 Å². The Labute approximate surface area is 116 Å². The highest BCUT2D eigenvalue weighted by molar-refractivity contribution is 6.30. The minimum Gasteiger partial charge on any atom is -0.394 e. The molecule has 100 valence electrons. The van der Waals surface area contributed by atoms with E-state index in [0.29, 0.717) is 11.1 Å². The summed E-state index contributed by atoms with van der Waals surface area (Å²) in [6, 6.07) is 8.83. The van der Waals surface area contributed by atoms with Gasteiger partial charge in [0.2, 0.25) is 0 Å². The molecule has 1 amide bonds. The summed E-state index contributed by atoms with van der Waals surface area (Å²) in [4.78, 5) is 16.4. The van der Waals surface area contributed by atoms with Crippen molar-refractivity contribution in [2.24, 2.45) is 0 Å². The van der Waals surface area contributed by atoms with Crippen LogP contribution >= 0.6 is 11.6 Å². The summed E-state index contributed by atoms with van der Waals surface area (Å²) in [5.41, 5.74) is 0.438. The van der Waals surface area contributed by atoms with Crippen molar-refractivity contribution < 1.29 is 9.90 Å². The number of nitrogens with one attached hydrogen (secondary N) is 1. The molecule has 5 heteroatoms. The van der Waals surface area contributed by atoms with Crippen LogP contribution in [-0.4, -0.2) is 28.1 Å². The molecule has 2 aromatic rings. The van der Waals surface area contributed by atoms with Crippen LogP contribution in [0.25, 0.3) is 10.9 Å². The van der Waals surface area contributed by atoms with E-state index in [4.69, 9.17) is 11.6 Å². The Balaban J connectivity index is 2.47. The van der Waals surface area contributed by atoms with E-state index < -0.39 is 5.54 Å². The molecule has 2 rings (SSSR count). The fourth-order valence-corrected chi connectivity index (χ4v) is 1.95. The first-order valence-corrected chi connectivity index (χ1v) is 6.29. The van der Waals surface area contributed by atoms with Crippen molar-refractivity contribution in [2.75, 3.05) is 6.61 Å². The third-order valence-corrected chi connectivity index (χ3v) is 2.97. The number of carbonyl (C=O) groups excluding carboxylic acids is 1. The lowest BCUT2D eigenvalue weighted by Gasteiger charge is -2.23. The van der Waals surface area contributed by atoms with Gasteiger partial charge in [0, 0.05) is 5.39 Å². The van der Waals surface area contributed by atoms with Crippen LogP contribution in [-0.2, 0) is 0 Å². The average Bonchev–Trinajstić information content (AvgIpc) is 2.37. The van der Waals surface area contributed by atoms with Gasteiger partial charge in [-0.25, -0.2) is 4.98 Å². The SMILES string of the molecule is CC(C)(CO)NC(=O)c1cc(Cl)nc2ccccc12. The maximum atomic E-state index is 12.3. The normalized spacial score (nSPS) is 11.6. The van der Waals surface area contributed by atoms with Crippen molar-refractivity contribution in [3.05, 3.63) is 41.0 Å². The van der Waals surface area contributed by atoms with Crippen molar-refractivity contribution in [1.29, 1.82) is 0 Å². The van der Waals surface area contributed by atoms with Crippen LogP contribution in [0.2, 0.25) is 5.15 Å². The third kappa shape index (κ3) is 3.03. The Hall–Kier alpha value is -1.65. The molecule has 0 saturated carbocycles. The number of rotatable bonds is 3. The summed E-state index contributed by atoms with van der Waals surface area (Å²) < 4.78 is 0. The number of carbonyl (C=O) groups is 1. The average molecular weight is 279 g/mol. The monoisotopic (exact) mass is 278 g/mol. The lowest BCUT2D eigenvalue weighted by molar-refractivity contribution is 0.0871. The topological polar surface area (TPSA) is 62.2 Å². The zero-order valence-electron chi connectivity index (χ0n) is 10.8. The number of fused-ring (bicyclic) bond motifs is 1. The van der Waals surface area contributed by atoms with E-state index in [0.717, 1.165) is 5.39 Å². The second-order valence-electron chi connectivity index (χ2n) is 5.01. The molecule has 0 spiro atoms. The minimum atomic E-state index is -0.687. The molecule has 0 aliphatic carbocycles. The number of nitrogens with zero attached hydrogens (tertiary/aromatic N) is 1. The van der Waals surface area contributed by atoms with Gasteiger partial charge in [-0.15, -0.1) is 0 Å². The van der Waals surface area contributed by atoms with Gasteiger partial charge in [0.05, 0.1) is 23.2 Å². The first-order chi connectivity index (χ1) is 8.93. The molecule has 0 radical (unpaired) electrons. The zero-order valence-corrected chi connectivity index (χ0v) is 11.5. The number of benzene rings is 1. The van der Waals surface area contributed by atoms with Crippen LogP contribution in [0.4, 0.5) is 0 Å².